The summed E-state index contributed by atoms with van der Waals surface area (Å²) < 4.78 is 2.47. The second-order valence-electron chi connectivity index (χ2n) is 13.8. The van der Waals surface area contributed by atoms with E-state index in [0.717, 1.165) is 22.7 Å². The molecule has 0 saturated carbocycles. The summed E-state index contributed by atoms with van der Waals surface area (Å²) in [6.45, 7) is 0. The number of rotatable bonds is 7. The molecule has 0 bridgehead atoms. The molecule has 0 aliphatic heterocycles. The summed E-state index contributed by atoms with van der Waals surface area (Å²) >= 11 is 0. The van der Waals surface area contributed by atoms with Gasteiger partial charge >= 0.3 is 0 Å². The highest BCUT2D eigenvalue weighted by molar-refractivity contribution is 6.25. The number of anilines is 3. The van der Waals surface area contributed by atoms with Gasteiger partial charge < -0.3 is 9.47 Å². The Hall–Kier alpha value is -7.16. The van der Waals surface area contributed by atoms with Crippen LogP contribution in [-0.4, -0.2) is 4.57 Å². The van der Waals surface area contributed by atoms with Crippen molar-refractivity contribution in [2.24, 2.45) is 0 Å². The van der Waals surface area contributed by atoms with E-state index in [1.807, 2.05) is 0 Å². The molecule has 9 aromatic carbocycles. The van der Waals surface area contributed by atoms with E-state index >= 15 is 0 Å². The van der Waals surface area contributed by atoms with E-state index in [1.54, 1.807) is 0 Å². The monoisotopic (exact) mass is 688 g/mol. The van der Waals surface area contributed by atoms with Gasteiger partial charge in [-0.05, 0) is 93.4 Å². The maximum Gasteiger partial charge on any atom is 0.0640 e. The Morgan fingerprint density at radius 2 is 0.796 bits per heavy atom. The molecule has 0 aliphatic carbocycles. The van der Waals surface area contributed by atoms with Crippen LogP contribution in [0, 0.1) is 0 Å². The molecular weight excluding hydrogens is 653 g/mol. The van der Waals surface area contributed by atoms with Crippen molar-refractivity contribution in [1.82, 2.24) is 4.57 Å². The van der Waals surface area contributed by atoms with Gasteiger partial charge in [-0.25, -0.2) is 0 Å². The fourth-order valence-electron chi connectivity index (χ4n) is 7.99. The number of benzene rings is 9. The minimum Gasteiger partial charge on any atom is -0.310 e. The molecule has 10 aromatic rings. The Morgan fingerprint density at radius 3 is 1.41 bits per heavy atom. The number of aromatic nitrogens is 1. The van der Waals surface area contributed by atoms with Gasteiger partial charge in [0.15, 0.2) is 0 Å². The number of hydrogen-bond donors (Lipinski definition) is 0. The van der Waals surface area contributed by atoms with Gasteiger partial charge in [-0.3, -0.25) is 0 Å². The second-order valence-corrected chi connectivity index (χ2v) is 13.8. The zero-order valence-corrected chi connectivity index (χ0v) is 29.7. The molecule has 0 atom stereocenters. The van der Waals surface area contributed by atoms with Crippen LogP contribution in [0.15, 0.2) is 218 Å². The fourth-order valence-corrected chi connectivity index (χ4v) is 7.99. The van der Waals surface area contributed by atoms with Crippen molar-refractivity contribution < 1.29 is 0 Å². The predicted octanol–water partition coefficient (Wildman–Crippen LogP) is 14.4. The Morgan fingerprint density at radius 1 is 0.333 bits per heavy atom. The number of fused-ring (bicyclic) bond motifs is 5. The first-order valence-electron chi connectivity index (χ1n) is 18.5. The Balaban J connectivity index is 1.29. The Bertz CT molecular complexity index is 2880. The van der Waals surface area contributed by atoms with E-state index in [4.69, 9.17) is 0 Å². The zero-order chi connectivity index (χ0) is 35.8. The first-order chi connectivity index (χ1) is 26.8. The zero-order valence-electron chi connectivity index (χ0n) is 29.7. The lowest BCUT2D eigenvalue weighted by molar-refractivity contribution is 1.19. The summed E-state index contributed by atoms with van der Waals surface area (Å²) in [6.07, 6.45) is 0. The van der Waals surface area contributed by atoms with Gasteiger partial charge in [-0.2, -0.15) is 0 Å². The average molecular weight is 689 g/mol. The van der Waals surface area contributed by atoms with Gasteiger partial charge in [0.25, 0.3) is 0 Å². The lowest BCUT2D eigenvalue weighted by Crippen LogP contribution is -2.10. The molecule has 54 heavy (non-hydrogen) atoms. The molecule has 0 N–H and O–H groups in total. The molecule has 2 nitrogen and oxygen atoms in total. The summed E-state index contributed by atoms with van der Waals surface area (Å²) in [4.78, 5) is 2.43. The van der Waals surface area contributed by atoms with Crippen LogP contribution < -0.4 is 4.90 Å². The highest BCUT2D eigenvalue weighted by atomic mass is 15.1. The predicted molar refractivity (Wildman–Crippen MR) is 229 cm³/mol. The third-order valence-electron chi connectivity index (χ3n) is 10.6. The van der Waals surface area contributed by atoms with Crippen LogP contribution in [0.5, 0.6) is 0 Å². The van der Waals surface area contributed by atoms with Crippen LogP contribution in [0.25, 0.3) is 71.6 Å². The minimum absolute atomic E-state index is 1.10. The second kappa shape index (κ2) is 13.4. The highest BCUT2D eigenvalue weighted by Gasteiger charge is 2.24. The van der Waals surface area contributed by atoms with Crippen LogP contribution in [0.4, 0.5) is 17.1 Å². The van der Waals surface area contributed by atoms with E-state index in [-0.39, 0.29) is 0 Å². The first kappa shape index (κ1) is 31.6. The molecule has 0 saturated heterocycles. The maximum absolute atomic E-state index is 2.47. The van der Waals surface area contributed by atoms with Crippen molar-refractivity contribution in [2.75, 3.05) is 4.90 Å². The van der Waals surface area contributed by atoms with Crippen molar-refractivity contribution in [3.8, 4) is 39.1 Å². The van der Waals surface area contributed by atoms with Crippen LogP contribution in [0.3, 0.4) is 0 Å². The smallest absolute Gasteiger partial charge is 0.0640 e. The van der Waals surface area contributed by atoms with Crippen molar-refractivity contribution in [1.29, 1.82) is 0 Å². The molecule has 1 heterocycles. The van der Waals surface area contributed by atoms with Crippen LogP contribution in [0.1, 0.15) is 0 Å². The van der Waals surface area contributed by atoms with Gasteiger partial charge in [0, 0.05) is 33.2 Å². The molecule has 2 heteroatoms. The molecule has 0 amide bonds. The summed E-state index contributed by atoms with van der Waals surface area (Å²) in [5, 5.41) is 4.83. The lowest BCUT2D eigenvalue weighted by Gasteiger charge is -2.27. The molecular formula is C52H36N2. The summed E-state index contributed by atoms with van der Waals surface area (Å²) in [5.41, 5.74) is 14.0. The van der Waals surface area contributed by atoms with Gasteiger partial charge in [0.05, 0.1) is 16.7 Å². The Kier molecular flexibility index (Phi) is 7.85. The van der Waals surface area contributed by atoms with Gasteiger partial charge in [-0.1, -0.05) is 164 Å². The molecule has 0 aliphatic rings. The van der Waals surface area contributed by atoms with Crippen molar-refractivity contribution >= 4 is 49.6 Å². The molecule has 0 radical (unpaired) electrons. The van der Waals surface area contributed by atoms with Crippen LogP contribution in [0.2, 0.25) is 0 Å². The quantitative estimate of drug-likeness (QED) is 0.162. The van der Waals surface area contributed by atoms with Gasteiger partial charge in [-0.15, -0.1) is 0 Å². The maximum atomic E-state index is 2.47. The van der Waals surface area contributed by atoms with Crippen LogP contribution in [-0.2, 0) is 0 Å². The highest BCUT2D eigenvalue weighted by Crippen LogP contribution is 2.47. The number of hydrogen-bond acceptors (Lipinski definition) is 1. The molecule has 0 unspecified atom stereocenters. The van der Waals surface area contributed by atoms with E-state index in [9.17, 15) is 0 Å². The van der Waals surface area contributed by atoms with E-state index < -0.39 is 0 Å². The number of nitrogens with zero attached hydrogens (tertiary/aromatic N) is 2. The van der Waals surface area contributed by atoms with E-state index in [2.05, 4.69) is 228 Å². The standard InChI is InChI=1S/C52H36N2/c1-5-15-37(16-6-1)40-25-30-45(31-26-40)53(44-22-11-4-12-23-44)50-36-43-21-13-14-24-47(43)52-51(50)48-35-42(39-19-9-3-10-20-39)29-34-49(48)54(52)46-32-27-41(28-33-46)38-17-7-2-8-18-38/h1-36H. The van der Waals surface area contributed by atoms with E-state index in [1.165, 1.54) is 66.0 Å². The third kappa shape index (κ3) is 5.53. The molecule has 0 fully saturated rings. The normalized spacial score (nSPS) is 11.3. The van der Waals surface area contributed by atoms with Gasteiger partial charge in [0.1, 0.15) is 0 Å². The van der Waals surface area contributed by atoms with Crippen molar-refractivity contribution in [3.05, 3.63) is 218 Å². The molecule has 0 spiro atoms. The fraction of sp³-hybridized carbons (Fsp3) is 0. The van der Waals surface area contributed by atoms with Crippen molar-refractivity contribution in [3.63, 3.8) is 0 Å². The first-order valence-corrected chi connectivity index (χ1v) is 18.5. The Labute approximate surface area is 315 Å². The van der Waals surface area contributed by atoms with Crippen LogP contribution >= 0.6 is 0 Å². The van der Waals surface area contributed by atoms with Gasteiger partial charge in [0.2, 0.25) is 0 Å². The largest absolute Gasteiger partial charge is 0.310 e. The molecule has 1 aromatic heterocycles. The average Bonchev–Trinajstić information content (AvgIpc) is 3.60. The molecule has 10 rings (SSSR count). The summed E-state index contributed by atoms with van der Waals surface area (Å²) in [5.74, 6) is 0. The third-order valence-corrected chi connectivity index (χ3v) is 10.6. The van der Waals surface area contributed by atoms with E-state index in [0.29, 0.717) is 0 Å². The SMILES string of the molecule is c1ccc(-c2ccc(N(c3ccccc3)c3cc4ccccc4c4c3c3cc(-c5ccccc5)ccc3n4-c3ccc(-c4ccccc4)cc3)cc2)cc1. The number of para-hydroxylation sites is 1. The lowest BCUT2D eigenvalue weighted by atomic mass is 9.99. The molecule has 254 valence electrons. The summed E-state index contributed by atoms with van der Waals surface area (Å²) in [7, 11) is 0. The topological polar surface area (TPSA) is 8.17 Å². The van der Waals surface area contributed by atoms with Crippen molar-refractivity contribution in [2.45, 2.75) is 0 Å². The summed E-state index contributed by atoms with van der Waals surface area (Å²) in [6, 6.07) is 78.9. The minimum atomic E-state index is 1.10.